The lowest BCUT2D eigenvalue weighted by Gasteiger charge is -2.34. The first-order valence-corrected chi connectivity index (χ1v) is 12.0. The van der Waals surface area contributed by atoms with Gasteiger partial charge in [0.05, 0.1) is 11.6 Å². The number of amides is 3. The number of fused-ring (bicyclic) bond motifs is 1. The summed E-state index contributed by atoms with van der Waals surface area (Å²) in [6.45, 7) is 2.88. The molecule has 0 spiro atoms. The van der Waals surface area contributed by atoms with Crippen LogP contribution in [0.3, 0.4) is 0 Å². The number of hydrogen-bond donors (Lipinski definition) is 2. The van der Waals surface area contributed by atoms with E-state index < -0.39 is 17.9 Å². The van der Waals surface area contributed by atoms with Gasteiger partial charge in [0.2, 0.25) is 0 Å². The van der Waals surface area contributed by atoms with E-state index in [0.717, 1.165) is 32.1 Å². The standard InChI is InChI=1S/C25H29N5O5/c1-2-3-7-15-30-24(33)18-11-5-4-10-17(18)21(28-30)23(32)27-26-22(31)19-12-6-8-14-29(19)25(34)20-13-9-16-35-20/h4-5,9-11,13,16,19H,2-3,6-8,12,14-15H2,1H3,(H,26,31)(H,27,32). The van der Waals surface area contributed by atoms with Crippen molar-refractivity contribution in [2.24, 2.45) is 0 Å². The number of piperidine rings is 1. The van der Waals surface area contributed by atoms with Gasteiger partial charge in [0.25, 0.3) is 23.3 Å². The lowest BCUT2D eigenvalue weighted by atomic mass is 10.0. The SMILES string of the molecule is CCCCCn1nc(C(=O)NNC(=O)C2CCCCN2C(=O)c2ccco2)c2ccccc2c1=O. The quantitative estimate of drug-likeness (QED) is 0.396. The van der Waals surface area contributed by atoms with Crippen LogP contribution in [0.25, 0.3) is 10.8 Å². The van der Waals surface area contributed by atoms with Crippen LogP contribution in [-0.4, -0.2) is 45.0 Å². The zero-order chi connectivity index (χ0) is 24.8. The van der Waals surface area contributed by atoms with Crippen molar-refractivity contribution >= 4 is 28.5 Å². The highest BCUT2D eigenvalue weighted by molar-refractivity contribution is 6.05. The number of rotatable bonds is 7. The minimum absolute atomic E-state index is 0.0455. The van der Waals surface area contributed by atoms with Crippen LogP contribution in [0, 0.1) is 0 Å². The molecule has 35 heavy (non-hydrogen) atoms. The maximum atomic E-state index is 13.0. The van der Waals surface area contributed by atoms with E-state index in [1.54, 1.807) is 36.4 Å². The van der Waals surface area contributed by atoms with Crippen LogP contribution in [0.2, 0.25) is 0 Å². The molecule has 1 aliphatic rings. The normalized spacial score (nSPS) is 15.7. The minimum atomic E-state index is -0.741. The number of nitrogens with zero attached hydrogens (tertiary/aromatic N) is 3. The first kappa shape index (κ1) is 24.2. The number of nitrogens with one attached hydrogen (secondary N) is 2. The summed E-state index contributed by atoms with van der Waals surface area (Å²) >= 11 is 0. The topological polar surface area (TPSA) is 127 Å². The molecule has 10 heteroatoms. The molecule has 10 nitrogen and oxygen atoms in total. The van der Waals surface area contributed by atoms with E-state index in [-0.39, 0.29) is 22.9 Å². The highest BCUT2D eigenvalue weighted by atomic mass is 16.3. The third-order valence-electron chi connectivity index (χ3n) is 6.15. The van der Waals surface area contributed by atoms with E-state index in [2.05, 4.69) is 22.9 Å². The summed E-state index contributed by atoms with van der Waals surface area (Å²) in [5.74, 6) is -1.35. The third kappa shape index (κ3) is 5.26. The fourth-order valence-electron chi connectivity index (χ4n) is 4.32. The number of carbonyl (C=O) groups excluding carboxylic acids is 3. The number of aryl methyl sites for hydroxylation is 1. The summed E-state index contributed by atoms with van der Waals surface area (Å²) in [6, 6.07) is 9.20. The lowest BCUT2D eigenvalue weighted by molar-refractivity contribution is -0.127. The molecule has 4 rings (SSSR count). The number of likely N-dealkylation sites (tertiary alicyclic amines) is 1. The van der Waals surface area contributed by atoms with Gasteiger partial charge in [0.1, 0.15) is 6.04 Å². The van der Waals surface area contributed by atoms with Crippen molar-refractivity contribution in [1.29, 1.82) is 0 Å². The smallest absolute Gasteiger partial charge is 0.290 e. The molecule has 1 aromatic carbocycles. The van der Waals surface area contributed by atoms with Crippen LogP contribution in [-0.2, 0) is 11.3 Å². The van der Waals surface area contributed by atoms with Crippen molar-refractivity contribution < 1.29 is 18.8 Å². The maximum absolute atomic E-state index is 13.0. The zero-order valence-corrected chi connectivity index (χ0v) is 19.7. The molecule has 0 aliphatic carbocycles. The van der Waals surface area contributed by atoms with Gasteiger partial charge in [-0.3, -0.25) is 30.0 Å². The van der Waals surface area contributed by atoms with Gasteiger partial charge in [-0.15, -0.1) is 0 Å². The molecular formula is C25H29N5O5. The van der Waals surface area contributed by atoms with Crippen LogP contribution < -0.4 is 16.4 Å². The van der Waals surface area contributed by atoms with Gasteiger partial charge in [0, 0.05) is 18.5 Å². The van der Waals surface area contributed by atoms with Gasteiger partial charge in [-0.2, -0.15) is 5.10 Å². The molecule has 0 radical (unpaired) electrons. The minimum Gasteiger partial charge on any atom is -0.459 e. The van der Waals surface area contributed by atoms with Crippen molar-refractivity contribution in [2.75, 3.05) is 6.54 Å². The molecule has 0 bridgehead atoms. The molecule has 1 aliphatic heterocycles. The molecule has 184 valence electrons. The number of hydrazine groups is 1. The van der Waals surface area contributed by atoms with Crippen molar-refractivity contribution in [3.8, 4) is 0 Å². The van der Waals surface area contributed by atoms with Crippen molar-refractivity contribution in [3.63, 3.8) is 0 Å². The molecule has 2 N–H and O–H groups in total. The monoisotopic (exact) mass is 479 g/mol. The average molecular weight is 480 g/mol. The summed E-state index contributed by atoms with van der Waals surface area (Å²) in [7, 11) is 0. The average Bonchev–Trinajstić information content (AvgIpc) is 3.43. The number of carbonyl (C=O) groups is 3. The van der Waals surface area contributed by atoms with Gasteiger partial charge < -0.3 is 9.32 Å². The Morgan fingerprint density at radius 2 is 1.86 bits per heavy atom. The first-order chi connectivity index (χ1) is 17.0. The van der Waals surface area contributed by atoms with E-state index in [9.17, 15) is 19.2 Å². The number of unbranched alkanes of at least 4 members (excludes halogenated alkanes) is 2. The molecule has 3 aromatic rings. The summed E-state index contributed by atoms with van der Waals surface area (Å²) in [5.41, 5.74) is 4.65. The predicted octanol–water partition coefficient (Wildman–Crippen LogP) is 2.64. The van der Waals surface area contributed by atoms with E-state index in [0.29, 0.717) is 30.3 Å². The molecule has 0 saturated carbocycles. The Bertz CT molecular complexity index is 1270. The predicted molar refractivity (Wildman–Crippen MR) is 129 cm³/mol. The van der Waals surface area contributed by atoms with Gasteiger partial charge in [-0.05, 0) is 43.9 Å². The highest BCUT2D eigenvalue weighted by Crippen LogP contribution is 2.20. The maximum Gasteiger partial charge on any atom is 0.290 e. The number of benzene rings is 1. The molecular weight excluding hydrogens is 450 g/mol. The number of furan rings is 1. The van der Waals surface area contributed by atoms with Crippen molar-refractivity contribution in [1.82, 2.24) is 25.5 Å². The zero-order valence-electron chi connectivity index (χ0n) is 19.7. The second kappa shape index (κ2) is 11.0. The third-order valence-corrected chi connectivity index (χ3v) is 6.15. The molecule has 1 unspecified atom stereocenters. The Balaban J connectivity index is 1.51. The van der Waals surface area contributed by atoms with Crippen LogP contribution in [0.4, 0.5) is 0 Å². The largest absolute Gasteiger partial charge is 0.459 e. The first-order valence-electron chi connectivity index (χ1n) is 12.0. The van der Waals surface area contributed by atoms with Gasteiger partial charge >= 0.3 is 0 Å². The lowest BCUT2D eigenvalue weighted by Crippen LogP contribution is -2.55. The Hall–Kier alpha value is -3.95. The van der Waals surface area contributed by atoms with Crippen LogP contribution in [0.15, 0.2) is 51.9 Å². The van der Waals surface area contributed by atoms with Crippen molar-refractivity contribution in [2.45, 2.75) is 58.0 Å². The number of hydrogen-bond acceptors (Lipinski definition) is 6. The van der Waals surface area contributed by atoms with Crippen molar-refractivity contribution in [3.05, 3.63) is 64.5 Å². The fourth-order valence-corrected chi connectivity index (χ4v) is 4.32. The highest BCUT2D eigenvalue weighted by Gasteiger charge is 2.34. The van der Waals surface area contributed by atoms with E-state index in [4.69, 9.17) is 4.42 Å². The van der Waals surface area contributed by atoms with E-state index >= 15 is 0 Å². The Labute approximate surface area is 202 Å². The Kier molecular flexibility index (Phi) is 7.59. The van der Waals surface area contributed by atoms with E-state index in [1.807, 2.05) is 0 Å². The molecule has 3 amide bonds. The summed E-state index contributed by atoms with van der Waals surface area (Å²) < 4.78 is 6.51. The van der Waals surface area contributed by atoms with Gasteiger partial charge in [-0.25, -0.2) is 4.68 Å². The summed E-state index contributed by atoms with van der Waals surface area (Å²) in [6.07, 6.45) is 6.13. The summed E-state index contributed by atoms with van der Waals surface area (Å²) in [5, 5.41) is 5.10. The van der Waals surface area contributed by atoms with Crippen LogP contribution in [0.5, 0.6) is 0 Å². The number of aromatic nitrogens is 2. The second-order valence-corrected chi connectivity index (χ2v) is 8.56. The molecule has 1 atom stereocenters. The van der Waals surface area contributed by atoms with Crippen LogP contribution in [0.1, 0.15) is 66.5 Å². The molecule has 1 saturated heterocycles. The Morgan fingerprint density at radius 3 is 2.60 bits per heavy atom. The van der Waals surface area contributed by atoms with E-state index in [1.165, 1.54) is 15.8 Å². The van der Waals surface area contributed by atoms with Gasteiger partial charge in [0.15, 0.2) is 11.5 Å². The fraction of sp³-hybridized carbons (Fsp3) is 0.400. The second-order valence-electron chi connectivity index (χ2n) is 8.56. The molecule has 3 heterocycles. The van der Waals surface area contributed by atoms with Gasteiger partial charge in [-0.1, -0.05) is 38.0 Å². The Morgan fingerprint density at radius 1 is 1.06 bits per heavy atom. The van der Waals surface area contributed by atoms with Crippen LogP contribution >= 0.6 is 0 Å². The summed E-state index contributed by atoms with van der Waals surface area (Å²) in [4.78, 5) is 53.1. The molecule has 1 fully saturated rings. The molecule has 2 aromatic heterocycles.